The van der Waals surface area contributed by atoms with Gasteiger partial charge in [-0.1, -0.05) is 18.1 Å². The molecule has 0 aliphatic heterocycles. The Kier molecular flexibility index (Phi) is 4.53. The van der Waals surface area contributed by atoms with Crippen molar-refractivity contribution < 1.29 is 18.2 Å². The molecule has 0 spiro atoms. The molecule has 0 aliphatic carbocycles. The number of rotatable bonds is 7. The maximum atomic E-state index is 12.4. The predicted molar refractivity (Wildman–Crippen MR) is 101 cm³/mol. The molecule has 27 heavy (non-hydrogen) atoms. The molecule has 0 unspecified atom stereocenters. The number of para-hydroxylation sites is 1. The average molecular weight is 370 g/mol. The summed E-state index contributed by atoms with van der Waals surface area (Å²) >= 11 is 0. The minimum Gasteiger partial charge on any atom is -0.494 e. The highest BCUT2D eigenvalue weighted by atomic mass is 16.5. The number of pyridine rings is 1. The average Bonchev–Trinajstić information content (AvgIpc) is 3.15. The first-order valence-electron chi connectivity index (χ1n) is 9.86. The number of carbonyl (C=O) groups excluding carboxylic acids is 1. The number of ether oxygens (including phenoxy) is 1. The van der Waals surface area contributed by atoms with E-state index in [9.17, 15) is 4.79 Å². The first-order chi connectivity index (χ1) is 14.3. The number of nitrogens with zero attached hydrogens (tertiary/aromatic N) is 3. The number of hydrogen-bond donors (Lipinski definition) is 2. The number of hydrogen-bond acceptors (Lipinski definition) is 7. The van der Waals surface area contributed by atoms with Crippen molar-refractivity contribution in [2.24, 2.45) is 0 Å². The van der Waals surface area contributed by atoms with Gasteiger partial charge in [0, 0.05) is 29.9 Å². The monoisotopic (exact) mass is 370 g/mol. The van der Waals surface area contributed by atoms with Gasteiger partial charge >= 0.3 is 0 Å². The molecule has 0 saturated carbocycles. The Morgan fingerprint density at radius 2 is 2.22 bits per heavy atom. The highest BCUT2D eigenvalue weighted by Gasteiger charge is 2.18. The van der Waals surface area contributed by atoms with E-state index in [-0.39, 0.29) is 5.56 Å². The summed E-state index contributed by atoms with van der Waals surface area (Å²) in [5.41, 5.74) is 1.58. The molecular weight excluding hydrogens is 346 g/mol. The zero-order chi connectivity index (χ0) is 21.7. The Morgan fingerprint density at radius 1 is 1.33 bits per heavy atom. The van der Waals surface area contributed by atoms with E-state index in [0.29, 0.717) is 40.8 Å². The first kappa shape index (κ1) is 14.7. The van der Waals surface area contributed by atoms with Gasteiger partial charge in [0.1, 0.15) is 0 Å². The molecule has 3 rings (SSSR count). The third kappa shape index (κ3) is 3.89. The summed E-state index contributed by atoms with van der Waals surface area (Å²) < 4.78 is 32.5. The van der Waals surface area contributed by atoms with Crippen molar-refractivity contribution in [1.82, 2.24) is 20.4 Å². The van der Waals surface area contributed by atoms with Gasteiger partial charge in [0.05, 0.1) is 29.6 Å². The van der Waals surface area contributed by atoms with Crippen LogP contribution in [0.15, 0.2) is 41.2 Å². The summed E-state index contributed by atoms with van der Waals surface area (Å²) in [5, 5.41) is 9.08. The lowest BCUT2D eigenvalue weighted by molar-refractivity contribution is 0.0963. The molecule has 0 aliphatic rings. The summed E-state index contributed by atoms with van der Waals surface area (Å²) in [5.74, 6) is 0.586. The first-order valence-corrected chi connectivity index (χ1v) is 8.36. The topological polar surface area (TPSA) is 102 Å². The Balaban J connectivity index is 1.95. The molecule has 3 aromatic rings. The molecule has 2 heterocycles. The number of aryl methyl sites for hydroxylation is 1. The lowest BCUT2D eigenvalue weighted by atomic mass is 10.1. The van der Waals surface area contributed by atoms with E-state index in [2.05, 4.69) is 20.4 Å². The molecule has 0 radical (unpaired) electrons. The quantitative estimate of drug-likeness (QED) is 0.658. The van der Waals surface area contributed by atoms with Crippen LogP contribution in [0.2, 0.25) is 0 Å². The maximum absolute atomic E-state index is 12.4. The molecule has 0 fully saturated rings. The molecule has 8 nitrogen and oxygen atoms in total. The summed E-state index contributed by atoms with van der Waals surface area (Å²) in [6, 6.07) is 6.88. The predicted octanol–water partition coefficient (Wildman–Crippen LogP) is 3.20. The number of amides is 1. The number of methoxy groups -OCH3 is 1. The molecule has 0 bridgehead atoms. The van der Waals surface area contributed by atoms with Gasteiger partial charge in [-0.3, -0.25) is 9.78 Å². The molecule has 1 amide bonds. The second kappa shape index (κ2) is 8.31. The molecule has 0 atom stereocenters. The Bertz CT molecular complexity index is 1040. The van der Waals surface area contributed by atoms with Crippen molar-refractivity contribution in [3.05, 3.63) is 48.1 Å². The van der Waals surface area contributed by atoms with Crippen molar-refractivity contribution in [3.8, 4) is 17.1 Å². The number of anilines is 2. The minimum atomic E-state index is -2.61. The third-order valence-electron chi connectivity index (χ3n) is 3.84. The van der Waals surface area contributed by atoms with Gasteiger partial charge in [0.2, 0.25) is 11.7 Å². The Labute approximate surface area is 161 Å². The molecule has 0 saturated heterocycles. The number of nitrogens with one attached hydrogen (secondary N) is 2. The zero-order valence-corrected chi connectivity index (χ0v) is 14.9. The molecule has 140 valence electrons. The van der Waals surface area contributed by atoms with Crippen molar-refractivity contribution in [1.29, 1.82) is 0 Å². The van der Waals surface area contributed by atoms with Crippen LogP contribution in [0.25, 0.3) is 11.4 Å². The summed E-state index contributed by atoms with van der Waals surface area (Å²) in [6.45, 7) is -0.597. The Morgan fingerprint density at radius 3 is 3.00 bits per heavy atom. The van der Waals surface area contributed by atoms with Gasteiger partial charge in [-0.05, 0) is 24.6 Å². The SMILES string of the molecule is [2H]C([2H])([2H])NC(=O)c1cnccc1Nc1cccc(-c2noc(CCC)n2)c1OC. The molecule has 2 N–H and O–H groups in total. The maximum Gasteiger partial charge on any atom is 0.254 e. The zero-order valence-electron chi connectivity index (χ0n) is 17.9. The van der Waals surface area contributed by atoms with E-state index in [1.165, 1.54) is 19.5 Å². The normalized spacial score (nSPS) is 12.6. The van der Waals surface area contributed by atoms with E-state index >= 15 is 0 Å². The van der Waals surface area contributed by atoms with Crippen molar-refractivity contribution in [2.45, 2.75) is 19.8 Å². The van der Waals surface area contributed by atoms with Crippen molar-refractivity contribution >= 4 is 17.3 Å². The van der Waals surface area contributed by atoms with Crippen LogP contribution in [0.1, 0.15) is 33.7 Å². The number of carbonyl (C=O) groups is 1. The minimum absolute atomic E-state index is 0.0749. The largest absolute Gasteiger partial charge is 0.494 e. The van der Waals surface area contributed by atoms with Gasteiger partial charge in [-0.15, -0.1) is 0 Å². The summed E-state index contributed by atoms with van der Waals surface area (Å²) in [7, 11) is 1.51. The summed E-state index contributed by atoms with van der Waals surface area (Å²) in [4.78, 5) is 20.7. The van der Waals surface area contributed by atoms with Gasteiger partial charge in [0.15, 0.2) is 5.75 Å². The van der Waals surface area contributed by atoms with E-state index in [4.69, 9.17) is 13.4 Å². The lowest BCUT2D eigenvalue weighted by Gasteiger charge is -2.15. The second-order valence-electron chi connectivity index (χ2n) is 5.65. The van der Waals surface area contributed by atoms with Crippen LogP contribution >= 0.6 is 0 Å². The number of aromatic nitrogens is 3. The van der Waals surface area contributed by atoms with E-state index in [1.807, 2.05) is 12.2 Å². The van der Waals surface area contributed by atoms with Crippen LogP contribution in [0.4, 0.5) is 11.4 Å². The number of benzene rings is 1. The highest BCUT2D eigenvalue weighted by Crippen LogP contribution is 2.37. The highest BCUT2D eigenvalue weighted by molar-refractivity contribution is 6.00. The van der Waals surface area contributed by atoms with Gasteiger partial charge < -0.3 is 19.9 Å². The standard InChI is InChI=1S/C19H21N5O3/c1-4-6-16-23-18(24-27-16)12-7-5-8-15(17(12)26-3)22-14-9-10-21-11-13(14)19(25)20-2/h5,7-11H,4,6H2,1-3H3,(H,20,25)(H,21,22)/i2D3. The third-order valence-corrected chi connectivity index (χ3v) is 3.84. The van der Waals surface area contributed by atoms with E-state index in [1.54, 1.807) is 24.3 Å². The molecule has 1 aromatic carbocycles. The fourth-order valence-corrected chi connectivity index (χ4v) is 2.61. The van der Waals surface area contributed by atoms with Gasteiger partial charge in [-0.25, -0.2) is 0 Å². The Hall–Kier alpha value is -3.42. The molecule has 2 aromatic heterocycles. The van der Waals surface area contributed by atoms with Gasteiger partial charge in [-0.2, -0.15) is 4.98 Å². The molecule has 8 heteroatoms. The fraction of sp³-hybridized carbons (Fsp3) is 0.263. The lowest BCUT2D eigenvalue weighted by Crippen LogP contribution is -2.19. The fourth-order valence-electron chi connectivity index (χ4n) is 2.61. The smallest absolute Gasteiger partial charge is 0.254 e. The van der Waals surface area contributed by atoms with Crippen LogP contribution in [0, 0.1) is 0 Å². The van der Waals surface area contributed by atoms with Crippen molar-refractivity contribution in [3.63, 3.8) is 0 Å². The van der Waals surface area contributed by atoms with E-state index < -0.39 is 12.9 Å². The van der Waals surface area contributed by atoms with Crippen LogP contribution in [-0.2, 0) is 6.42 Å². The van der Waals surface area contributed by atoms with Crippen molar-refractivity contribution in [2.75, 3.05) is 19.4 Å². The molecular formula is C19H21N5O3. The van der Waals surface area contributed by atoms with Crippen LogP contribution in [-0.4, -0.2) is 35.1 Å². The van der Waals surface area contributed by atoms with Crippen LogP contribution in [0.3, 0.4) is 0 Å². The van der Waals surface area contributed by atoms with Crippen LogP contribution in [0.5, 0.6) is 5.75 Å². The second-order valence-corrected chi connectivity index (χ2v) is 5.65. The summed E-state index contributed by atoms with van der Waals surface area (Å²) in [6.07, 6.45) is 4.33. The van der Waals surface area contributed by atoms with E-state index in [0.717, 1.165) is 6.42 Å². The van der Waals surface area contributed by atoms with Crippen LogP contribution < -0.4 is 15.4 Å². The van der Waals surface area contributed by atoms with Gasteiger partial charge in [0.25, 0.3) is 5.91 Å².